The lowest BCUT2D eigenvalue weighted by Crippen LogP contribution is -2.65. The fourth-order valence-corrected chi connectivity index (χ4v) is 6.19. The predicted octanol–water partition coefficient (Wildman–Crippen LogP) is 4.58. The zero-order chi connectivity index (χ0) is 20.7. The summed E-state index contributed by atoms with van der Waals surface area (Å²) >= 11 is 0. The van der Waals surface area contributed by atoms with E-state index in [9.17, 15) is 9.18 Å². The molecule has 30 heavy (non-hydrogen) atoms. The van der Waals surface area contributed by atoms with E-state index < -0.39 is 0 Å². The summed E-state index contributed by atoms with van der Waals surface area (Å²) in [6.07, 6.45) is 4.93. The van der Waals surface area contributed by atoms with E-state index in [1.807, 2.05) is 31.2 Å². The molecule has 0 spiro atoms. The van der Waals surface area contributed by atoms with Crippen molar-refractivity contribution in [1.29, 1.82) is 0 Å². The summed E-state index contributed by atoms with van der Waals surface area (Å²) in [5.74, 6) is 1.24. The highest BCUT2D eigenvalue weighted by atomic mass is 19.1. The summed E-state index contributed by atoms with van der Waals surface area (Å²) in [6.45, 7) is 4.42. The average Bonchev–Trinajstić information content (AvgIpc) is 2.75. The number of amides is 1. The van der Waals surface area contributed by atoms with Gasteiger partial charge in [0.15, 0.2) is 0 Å². The van der Waals surface area contributed by atoms with Crippen LogP contribution in [0, 0.1) is 24.6 Å². The number of rotatable bonds is 4. The Labute approximate surface area is 178 Å². The topological polar surface area (TPSA) is 23.6 Å². The van der Waals surface area contributed by atoms with E-state index in [0.29, 0.717) is 36.8 Å². The quantitative estimate of drug-likeness (QED) is 0.742. The molecule has 0 N–H and O–H groups in total. The van der Waals surface area contributed by atoms with Crippen molar-refractivity contribution in [2.75, 3.05) is 13.1 Å². The van der Waals surface area contributed by atoms with Gasteiger partial charge < -0.3 is 4.90 Å². The van der Waals surface area contributed by atoms with Gasteiger partial charge >= 0.3 is 0 Å². The summed E-state index contributed by atoms with van der Waals surface area (Å²) in [7, 11) is 0. The van der Waals surface area contributed by atoms with Crippen LogP contribution in [0.5, 0.6) is 0 Å². The van der Waals surface area contributed by atoms with Crippen molar-refractivity contribution in [3.63, 3.8) is 0 Å². The summed E-state index contributed by atoms with van der Waals surface area (Å²) in [6, 6.07) is 16.9. The minimum atomic E-state index is -0.0662. The number of halogens is 1. The number of aryl methyl sites for hydroxylation is 1. The average molecular weight is 407 g/mol. The number of hydrogen-bond donors (Lipinski definition) is 0. The predicted molar refractivity (Wildman–Crippen MR) is 116 cm³/mol. The van der Waals surface area contributed by atoms with Gasteiger partial charge in [-0.05, 0) is 55.6 Å². The van der Waals surface area contributed by atoms with Crippen molar-refractivity contribution in [2.45, 2.75) is 57.7 Å². The molecule has 3 nitrogen and oxygen atoms in total. The fourth-order valence-electron chi connectivity index (χ4n) is 6.19. The molecular weight excluding hydrogens is 375 g/mol. The fraction of sp³-hybridized carbons (Fsp3) is 0.500. The normalized spacial score (nSPS) is 29.0. The molecule has 0 aliphatic carbocycles. The Kier molecular flexibility index (Phi) is 5.36. The van der Waals surface area contributed by atoms with Crippen molar-refractivity contribution in [3.8, 4) is 0 Å². The molecule has 5 rings (SSSR count). The molecule has 3 aliphatic rings. The van der Waals surface area contributed by atoms with Crippen LogP contribution in [0.1, 0.15) is 42.4 Å². The number of likely N-dealkylation sites (tertiary alicyclic amines) is 1. The van der Waals surface area contributed by atoms with Gasteiger partial charge in [-0.3, -0.25) is 9.69 Å². The van der Waals surface area contributed by atoms with E-state index in [2.05, 4.69) is 34.1 Å². The van der Waals surface area contributed by atoms with Crippen molar-refractivity contribution >= 4 is 5.91 Å². The maximum absolute atomic E-state index is 14.7. The number of carbonyl (C=O) groups is 1. The summed E-state index contributed by atoms with van der Waals surface area (Å²) in [4.78, 5) is 17.7. The van der Waals surface area contributed by atoms with E-state index >= 15 is 0 Å². The first kappa shape index (κ1) is 19.7. The first-order chi connectivity index (χ1) is 14.6. The van der Waals surface area contributed by atoms with Crippen LogP contribution in [0.2, 0.25) is 0 Å². The molecule has 1 amide bonds. The van der Waals surface area contributed by atoms with Gasteiger partial charge in [0.1, 0.15) is 5.82 Å². The molecule has 3 saturated heterocycles. The number of hydrogen-bond acceptors (Lipinski definition) is 2. The Morgan fingerprint density at radius 3 is 2.67 bits per heavy atom. The Bertz CT molecular complexity index is 915. The number of benzene rings is 2. The second kappa shape index (κ2) is 8.14. The van der Waals surface area contributed by atoms with Crippen molar-refractivity contribution in [2.24, 2.45) is 11.8 Å². The van der Waals surface area contributed by atoms with Crippen LogP contribution in [-0.4, -0.2) is 40.9 Å². The van der Waals surface area contributed by atoms with Crippen LogP contribution >= 0.6 is 0 Å². The van der Waals surface area contributed by atoms with Crippen LogP contribution in [0.15, 0.2) is 48.5 Å². The lowest BCUT2D eigenvalue weighted by Gasteiger charge is -2.57. The molecule has 2 aromatic carbocycles. The van der Waals surface area contributed by atoms with Gasteiger partial charge in [0.25, 0.3) is 0 Å². The summed E-state index contributed by atoms with van der Waals surface area (Å²) in [5, 5.41) is 0. The molecule has 3 heterocycles. The minimum Gasteiger partial charge on any atom is -0.336 e. The Balaban J connectivity index is 1.41. The molecule has 0 radical (unpaired) electrons. The first-order valence-electron chi connectivity index (χ1n) is 11.4. The third-order valence-electron chi connectivity index (χ3n) is 7.53. The molecule has 3 aliphatic heterocycles. The molecule has 4 atom stereocenters. The second-order valence-electron chi connectivity index (χ2n) is 9.52. The molecule has 158 valence electrons. The highest BCUT2D eigenvalue weighted by Crippen LogP contribution is 2.43. The van der Waals surface area contributed by atoms with Crippen molar-refractivity contribution in [1.82, 2.24) is 9.80 Å². The van der Waals surface area contributed by atoms with Crippen LogP contribution in [0.25, 0.3) is 0 Å². The second-order valence-corrected chi connectivity index (χ2v) is 9.52. The molecule has 0 aromatic heterocycles. The number of piperidine rings is 3. The molecule has 0 unspecified atom stereocenters. The Morgan fingerprint density at radius 2 is 1.83 bits per heavy atom. The molecule has 3 fully saturated rings. The zero-order valence-corrected chi connectivity index (χ0v) is 17.8. The van der Waals surface area contributed by atoms with E-state index in [1.54, 1.807) is 0 Å². The maximum atomic E-state index is 14.7. The summed E-state index contributed by atoms with van der Waals surface area (Å²) < 4.78 is 14.7. The SMILES string of the molecule is Cc1cccc(CN2C[C@H]3C[C@@H](C2)[C@H](Cc2ccccc2)N2C(=O)CCC[C@@H]32)c1F. The molecule has 2 aromatic rings. The van der Waals surface area contributed by atoms with Crippen molar-refractivity contribution < 1.29 is 9.18 Å². The molecule has 2 bridgehead atoms. The number of carbonyl (C=O) groups excluding carboxylic acids is 1. The van der Waals surface area contributed by atoms with E-state index in [1.165, 1.54) is 12.0 Å². The van der Waals surface area contributed by atoms with Gasteiger partial charge in [0.2, 0.25) is 5.91 Å². The molecular formula is C26H31FN2O. The first-order valence-corrected chi connectivity index (χ1v) is 11.4. The van der Waals surface area contributed by atoms with Gasteiger partial charge in [-0.25, -0.2) is 4.39 Å². The molecule has 0 saturated carbocycles. The van der Waals surface area contributed by atoms with E-state index in [4.69, 9.17) is 0 Å². The van der Waals surface area contributed by atoms with Gasteiger partial charge in [-0.15, -0.1) is 0 Å². The Hall–Kier alpha value is -2.20. The van der Waals surface area contributed by atoms with Gasteiger partial charge in [0.05, 0.1) is 0 Å². The largest absolute Gasteiger partial charge is 0.336 e. The van der Waals surface area contributed by atoms with Crippen molar-refractivity contribution in [3.05, 3.63) is 71.0 Å². The third kappa shape index (κ3) is 3.66. The minimum absolute atomic E-state index is 0.0662. The van der Waals surface area contributed by atoms with Crippen LogP contribution in [0.3, 0.4) is 0 Å². The number of nitrogens with zero attached hydrogens (tertiary/aromatic N) is 2. The van der Waals surface area contributed by atoms with Gasteiger partial charge in [-0.1, -0.05) is 48.5 Å². The third-order valence-corrected chi connectivity index (χ3v) is 7.53. The van der Waals surface area contributed by atoms with Crippen LogP contribution < -0.4 is 0 Å². The van der Waals surface area contributed by atoms with Crippen LogP contribution in [0.4, 0.5) is 4.39 Å². The lowest BCUT2D eigenvalue weighted by molar-refractivity contribution is -0.152. The highest BCUT2D eigenvalue weighted by molar-refractivity contribution is 5.78. The van der Waals surface area contributed by atoms with E-state index in [-0.39, 0.29) is 11.9 Å². The number of fused-ring (bicyclic) bond motifs is 4. The lowest BCUT2D eigenvalue weighted by atomic mass is 9.70. The monoisotopic (exact) mass is 406 g/mol. The van der Waals surface area contributed by atoms with Gasteiger partial charge in [-0.2, -0.15) is 0 Å². The van der Waals surface area contributed by atoms with Crippen LogP contribution in [-0.2, 0) is 17.8 Å². The maximum Gasteiger partial charge on any atom is 0.223 e. The van der Waals surface area contributed by atoms with Gasteiger partial charge in [0, 0.05) is 43.7 Å². The molecule has 4 heteroatoms. The Morgan fingerprint density at radius 1 is 1.03 bits per heavy atom. The highest BCUT2D eigenvalue weighted by Gasteiger charge is 2.49. The smallest absolute Gasteiger partial charge is 0.223 e. The zero-order valence-electron chi connectivity index (χ0n) is 17.8. The standard InChI is InChI=1S/C26H31FN2O/c1-18-7-5-10-20(26(18)27)15-28-16-21-14-22(17-28)24(13-19-8-3-2-4-9-19)29-23(21)11-6-12-25(29)30/h2-5,7-10,21-24H,6,11-17H2,1H3/t21-,22+,23+,24+/m1/s1. The summed E-state index contributed by atoms with van der Waals surface area (Å²) in [5.41, 5.74) is 2.82. The van der Waals surface area contributed by atoms with E-state index in [0.717, 1.165) is 43.5 Å².